The van der Waals surface area contributed by atoms with E-state index >= 15 is 0 Å². The highest BCUT2D eigenvalue weighted by molar-refractivity contribution is 5.96. The molecular formula is C32H38O5. The van der Waals surface area contributed by atoms with Gasteiger partial charge in [0, 0.05) is 5.57 Å². The summed E-state index contributed by atoms with van der Waals surface area (Å²) in [6.45, 7) is 6.45. The first kappa shape index (κ1) is 28.0. The van der Waals surface area contributed by atoms with Crippen molar-refractivity contribution in [1.29, 1.82) is 0 Å². The van der Waals surface area contributed by atoms with E-state index in [9.17, 15) is 9.59 Å². The third kappa shape index (κ3) is 10.1. The van der Waals surface area contributed by atoms with E-state index in [1.54, 1.807) is 25.1 Å². The lowest BCUT2D eigenvalue weighted by Crippen LogP contribution is -2.08. The van der Waals surface area contributed by atoms with E-state index in [4.69, 9.17) is 14.2 Å². The van der Waals surface area contributed by atoms with Crippen LogP contribution in [0.15, 0.2) is 78.9 Å². The van der Waals surface area contributed by atoms with E-state index in [0.717, 1.165) is 42.2 Å². The molecule has 5 nitrogen and oxygen atoms in total. The Kier molecular flexibility index (Phi) is 11.7. The van der Waals surface area contributed by atoms with Crippen LogP contribution in [0.3, 0.4) is 0 Å². The van der Waals surface area contributed by atoms with Crippen molar-refractivity contribution in [2.75, 3.05) is 13.2 Å². The molecule has 0 atom stereocenters. The highest BCUT2D eigenvalue weighted by Crippen LogP contribution is 2.23. The molecule has 0 aliphatic heterocycles. The average molecular weight is 503 g/mol. The summed E-state index contributed by atoms with van der Waals surface area (Å²) in [5.41, 5.74) is 0.982. The van der Waals surface area contributed by atoms with Gasteiger partial charge in [-0.1, -0.05) is 81.9 Å². The van der Waals surface area contributed by atoms with Crippen molar-refractivity contribution in [2.24, 2.45) is 0 Å². The van der Waals surface area contributed by atoms with Crippen LogP contribution >= 0.6 is 0 Å². The number of hydrogen-bond donors (Lipinski definition) is 0. The van der Waals surface area contributed by atoms with Crippen LogP contribution in [0.1, 0.15) is 75.1 Å². The maximum Gasteiger partial charge on any atom is 0.343 e. The van der Waals surface area contributed by atoms with Crippen molar-refractivity contribution in [2.45, 2.75) is 64.7 Å². The van der Waals surface area contributed by atoms with E-state index in [-0.39, 0.29) is 11.9 Å². The van der Waals surface area contributed by atoms with Gasteiger partial charge in [0.1, 0.15) is 11.5 Å². The van der Waals surface area contributed by atoms with Gasteiger partial charge >= 0.3 is 11.9 Å². The van der Waals surface area contributed by atoms with Gasteiger partial charge in [0.25, 0.3) is 0 Å². The Bertz CT molecular complexity index is 1150. The molecule has 3 aromatic rings. The molecule has 3 aromatic carbocycles. The monoisotopic (exact) mass is 502 g/mol. The highest BCUT2D eigenvalue weighted by Gasteiger charge is 2.10. The summed E-state index contributed by atoms with van der Waals surface area (Å²) in [7, 11) is 0. The molecule has 0 spiro atoms. The predicted octanol–water partition coefficient (Wildman–Crippen LogP) is 8.07. The van der Waals surface area contributed by atoms with Gasteiger partial charge in [0.15, 0.2) is 0 Å². The maximum absolute atomic E-state index is 12.4. The molecule has 0 aliphatic rings. The minimum atomic E-state index is -0.366. The van der Waals surface area contributed by atoms with Crippen LogP contribution in [0.2, 0.25) is 0 Å². The summed E-state index contributed by atoms with van der Waals surface area (Å²) in [6, 6.07) is 20.6. The lowest BCUT2D eigenvalue weighted by atomic mass is 10.1. The number of rotatable bonds is 16. The Balaban J connectivity index is 1.26. The molecule has 0 aliphatic carbocycles. The van der Waals surface area contributed by atoms with Crippen molar-refractivity contribution in [3.8, 4) is 11.5 Å². The first-order valence-electron chi connectivity index (χ1n) is 13.3. The highest BCUT2D eigenvalue weighted by atomic mass is 16.5. The number of hydrogen-bond acceptors (Lipinski definition) is 5. The number of para-hydroxylation sites is 1. The van der Waals surface area contributed by atoms with Crippen LogP contribution in [0.4, 0.5) is 0 Å². The lowest BCUT2D eigenvalue weighted by molar-refractivity contribution is -0.139. The molecule has 0 aromatic heterocycles. The molecule has 196 valence electrons. The number of benzene rings is 3. The second-order valence-electron chi connectivity index (χ2n) is 9.37. The maximum atomic E-state index is 12.4. The largest absolute Gasteiger partial charge is 0.494 e. The summed E-state index contributed by atoms with van der Waals surface area (Å²) in [4.78, 5) is 23.7. The van der Waals surface area contributed by atoms with E-state index in [1.165, 1.54) is 32.1 Å². The molecule has 3 rings (SSSR count). The number of ether oxygens (including phenoxy) is 3. The van der Waals surface area contributed by atoms with Crippen molar-refractivity contribution < 1.29 is 23.8 Å². The molecule has 0 bridgehead atoms. The van der Waals surface area contributed by atoms with Crippen molar-refractivity contribution >= 4 is 22.7 Å². The third-order valence-corrected chi connectivity index (χ3v) is 6.14. The molecule has 0 radical (unpaired) electrons. The smallest absolute Gasteiger partial charge is 0.343 e. The molecule has 0 saturated heterocycles. The average Bonchev–Trinajstić information content (AvgIpc) is 2.91. The van der Waals surface area contributed by atoms with Gasteiger partial charge < -0.3 is 14.2 Å². The van der Waals surface area contributed by atoms with Crippen LogP contribution in [0, 0.1) is 0 Å². The first-order chi connectivity index (χ1) is 18.0. The zero-order valence-corrected chi connectivity index (χ0v) is 21.9. The van der Waals surface area contributed by atoms with Crippen LogP contribution in [-0.2, 0) is 9.53 Å². The number of unbranched alkanes of at least 4 members (excludes halogenated alkanes) is 8. The van der Waals surface area contributed by atoms with Crippen molar-refractivity contribution in [3.05, 3.63) is 84.4 Å². The molecule has 0 unspecified atom stereocenters. The molecule has 0 heterocycles. The van der Waals surface area contributed by atoms with E-state index < -0.39 is 0 Å². The van der Waals surface area contributed by atoms with E-state index in [1.807, 2.05) is 48.5 Å². The molecule has 5 heteroatoms. The summed E-state index contributed by atoms with van der Waals surface area (Å²) in [5.74, 6) is 0.727. The normalized spacial score (nSPS) is 10.7. The molecule has 37 heavy (non-hydrogen) atoms. The first-order valence-corrected chi connectivity index (χ1v) is 13.3. The predicted molar refractivity (Wildman–Crippen MR) is 148 cm³/mol. The standard InChI is InChI=1S/C32H38O5/c1-25(2)31(33)36-22-14-9-7-5-3-4-6-8-13-21-35-30-20-19-26-23-28(18-17-27(26)24-30)32(34)37-29-15-11-10-12-16-29/h10-12,15-20,23-24H,1,3-9,13-14,21-22H2,2H3. The Morgan fingerprint density at radius 3 is 1.95 bits per heavy atom. The van der Waals surface area contributed by atoms with Gasteiger partial charge in [-0.3, -0.25) is 0 Å². The summed E-state index contributed by atoms with van der Waals surface area (Å²) in [5, 5.41) is 2.01. The molecule has 0 fully saturated rings. The van der Waals surface area contributed by atoms with Crippen LogP contribution in [-0.4, -0.2) is 25.2 Å². The van der Waals surface area contributed by atoms with Gasteiger partial charge in [-0.05, 0) is 66.9 Å². The fourth-order valence-corrected chi connectivity index (χ4v) is 4.01. The zero-order valence-electron chi connectivity index (χ0n) is 21.9. The Hall–Kier alpha value is -3.60. The number of carbonyl (C=O) groups excluding carboxylic acids is 2. The molecule has 0 amide bonds. The lowest BCUT2D eigenvalue weighted by Gasteiger charge is -2.09. The second kappa shape index (κ2) is 15.5. The van der Waals surface area contributed by atoms with Crippen LogP contribution < -0.4 is 9.47 Å². The fourth-order valence-electron chi connectivity index (χ4n) is 4.01. The quantitative estimate of drug-likeness (QED) is 0.0858. The minimum Gasteiger partial charge on any atom is -0.494 e. The third-order valence-electron chi connectivity index (χ3n) is 6.14. The summed E-state index contributed by atoms with van der Waals surface area (Å²) >= 11 is 0. The summed E-state index contributed by atoms with van der Waals surface area (Å²) in [6.07, 6.45) is 10.4. The second-order valence-corrected chi connectivity index (χ2v) is 9.37. The minimum absolute atomic E-state index is 0.290. The Labute approximate surface area is 220 Å². The van der Waals surface area contributed by atoms with Crippen molar-refractivity contribution in [3.63, 3.8) is 0 Å². The molecule has 0 N–H and O–H groups in total. The molecular weight excluding hydrogens is 464 g/mol. The molecule has 0 saturated carbocycles. The Morgan fingerprint density at radius 2 is 1.27 bits per heavy atom. The number of carbonyl (C=O) groups is 2. The van der Waals surface area contributed by atoms with Gasteiger partial charge in [0.2, 0.25) is 0 Å². The Morgan fingerprint density at radius 1 is 0.676 bits per heavy atom. The van der Waals surface area contributed by atoms with Gasteiger partial charge in [-0.15, -0.1) is 0 Å². The van der Waals surface area contributed by atoms with Crippen LogP contribution in [0.5, 0.6) is 11.5 Å². The fraction of sp³-hybridized carbons (Fsp3) is 0.375. The van der Waals surface area contributed by atoms with Gasteiger partial charge in [0.05, 0.1) is 18.8 Å². The van der Waals surface area contributed by atoms with E-state index in [0.29, 0.717) is 30.1 Å². The SMILES string of the molecule is C=C(C)C(=O)OCCCCCCCCCCCOc1ccc2cc(C(=O)Oc3ccccc3)ccc2c1. The number of esters is 2. The topological polar surface area (TPSA) is 61.8 Å². The summed E-state index contributed by atoms with van der Waals surface area (Å²) < 4.78 is 16.5. The van der Waals surface area contributed by atoms with Crippen LogP contribution in [0.25, 0.3) is 10.8 Å². The van der Waals surface area contributed by atoms with Crippen molar-refractivity contribution in [1.82, 2.24) is 0 Å². The van der Waals surface area contributed by atoms with Gasteiger partial charge in [-0.2, -0.15) is 0 Å². The zero-order chi connectivity index (χ0) is 26.3. The van der Waals surface area contributed by atoms with E-state index in [2.05, 4.69) is 6.58 Å². The van der Waals surface area contributed by atoms with Gasteiger partial charge in [-0.25, -0.2) is 9.59 Å². The number of fused-ring (bicyclic) bond motifs is 1.